The van der Waals surface area contributed by atoms with E-state index >= 15 is 0 Å². The number of nitrogens with one attached hydrogen (secondary N) is 4. The van der Waals surface area contributed by atoms with E-state index in [0.717, 1.165) is 64.2 Å². The normalized spacial score (nSPS) is 12.7. The lowest BCUT2D eigenvalue weighted by atomic mass is 9.96. The van der Waals surface area contributed by atoms with Crippen LogP contribution in [0.1, 0.15) is 164 Å². The SMILES string of the molecule is CCCCCC(=O)NCCCCC(NC(=O)CCCCC(C)C)C(=O)NC(CCCCNC(=O)CCCCC(C)C)C(=O)C(C)C. The summed E-state index contributed by atoms with van der Waals surface area (Å²) in [5, 5.41) is 11.8. The van der Waals surface area contributed by atoms with Crippen LogP contribution in [0.25, 0.3) is 0 Å². The standard InChI is InChI=1S/C37H70N4O5/c1-8-9-10-23-33(42)38-27-18-16-22-32(40-35(44)25-14-12-20-29(4)5)37(46)41-31(36(45)30(6)7)21-15-17-26-39-34(43)24-13-11-19-28(2)3/h28-32H,8-27H2,1-7H3,(H,38,42)(H,39,43)(H,40,44)(H,41,46). The summed E-state index contributed by atoms with van der Waals surface area (Å²) in [6.07, 6.45) is 14.0. The topological polar surface area (TPSA) is 133 Å². The molecule has 0 saturated carbocycles. The first-order valence-electron chi connectivity index (χ1n) is 18.5. The molecular formula is C37H70N4O5. The molecular weight excluding hydrogens is 580 g/mol. The molecule has 0 aliphatic carbocycles. The van der Waals surface area contributed by atoms with Gasteiger partial charge in [0, 0.05) is 38.3 Å². The fraction of sp³-hybridized carbons (Fsp3) is 0.865. The Labute approximate surface area is 281 Å². The van der Waals surface area contributed by atoms with E-state index in [9.17, 15) is 24.0 Å². The highest BCUT2D eigenvalue weighted by atomic mass is 16.2. The van der Waals surface area contributed by atoms with Crippen molar-refractivity contribution in [3.63, 3.8) is 0 Å². The Kier molecular flexibility index (Phi) is 26.2. The van der Waals surface area contributed by atoms with Crippen molar-refractivity contribution < 1.29 is 24.0 Å². The quantitative estimate of drug-likeness (QED) is 0.0664. The zero-order valence-corrected chi connectivity index (χ0v) is 30.6. The van der Waals surface area contributed by atoms with Crippen LogP contribution in [0.4, 0.5) is 0 Å². The predicted octanol–water partition coefficient (Wildman–Crippen LogP) is 6.77. The lowest BCUT2D eigenvalue weighted by Gasteiger charge is -2.24. The maximum atomic E-state index is 13.5. The van der Waals surface area contributed by atoms with Gasteiger partial charge in [0.05, 0.1) is 6.04 Å². The Morgan fingerprint density at radius 1 is 0.478 bits per heavy atom. The van der Waals surface area contributed by atoms with Gasteiger partial charge < -0.3 is 21.3 Å². The molecule has 2 atom stereocenters. The molecule has 4 amide bonds. The van der Waals surface area contributed by atoms with Gasteiger partial charge in [-0.1, -0.05) is 87.0 Å². The second-order valence-electron chi connectivity index (χ2n) is 14.2. The van der Waals surface area contributed by atoms with Crippen molar-refractivity contribution in [3.05, 3.63) is 0 Å². The van der Waals surface area contributed by atoms with Gasteiger partial charge in [0.25, 0.3) is 0 Å². The summed E-state index contributed by atoms with van der Waals surface area (Å²) >= 11 is 0. The maximum Gasteiger partial charge on any atom is 0.243 e. The van der Waals surface area contributed by atoms with Crippen molar-refractivity contribution in [1.82, 2.24) is 21.3 Å². The maximum absolute atomic E-state index is 13.5. The minimum absolute atomic E-state index is 0.0351. The molecule has 2 unspecified atom stereocenters. The van der Waals surface area contributed by atoms with Gasteiger partial charge in [-0.05, 0) is 69.6 Å². The van der Waals surface area contributed by atoms with E-state index in [0.29, 0.717) is 76.3 Å². The molecule has 0 radical (unpaired) electrons. The number of carbonyl (C=O) groups excluding carboxylic acids is 5. The lowest BCUT2D eigenvalue weighted by Crippen LogP contribution is -2.52. The van der Waals surface area contributed by atoms with Crippen LogP contribution >= 0.6 is 0 Å². The number of hydrogen-bond donors (Lipinski definition) is 4. The summed E-state index contributed by atoms with van der Waals surface area (Å²) < 4.78 is 0. The second-order valence-corrected chi connectivity index (χ2v) is 14.2. The first-order chi connectivity index (χ1) is 21.9. The number of unbranched alkanes of at least 4 members (excludes halogenated alkanes) is 6. The third-order valence-electron chi connectivity index (χ3n) is 8.24. The van der Waals surface area contributed by atoms with Crippen molar-refractivity contribution in [3.8, 4) is 0 Å². The molecule has 9 heteroatoms. The van der Waals surface area contributed by atoms with E-state index < -0.39 is 12.1 Å². The fourth-order valence-electron chi connectivity index (χ4n) is 5.29. The van der Waals surface area contributed by atoms with Gasteiger partial charge in [-0.3, -0.25) is 24.0 Å². The summed E-state index contributed by atoms with van der Waals surface area (Å²) in [6.45, 7) is 15.5. The summed E-state index contributed by atoms with van der Waals surface area (Å²) in [6, 6.07) is -1.39. The first-order valence-corrected chi connectivity index (χ1v) is 18.5. The van der Waals surface area contributed by atoms with E-state index in [1.54, 1.807) is 0 Å². The van der Waals surface area contributed by atoms with Crippen molar-refractivity contribution in [2.45, 2.75) is 176 Å². The first kappa shape index (κ1) is 43.5. The van der Waals surface area contributed by atoms with Crippen molar-refractivity contribution >= 4 is 29.4 Å². The highest BCUT2D eigenvalue weighted by molar-refractivity contribution is 5.93. The molecule has 0 heterocycles. The molecule has 0 fully saturated rings. The van der Waals surface area contributed by atoms with E-state index in [1.165, 1.54) is 0 Å². The highest BCUT2D eigenvalue weighted by Crippen LogP contribution is 2.12. The van der Waals surface area contributed by atoms with Crippen LogP contribution in [0.2, 0.25) is 0 Å². The second kappa shape index (κ2) is 27.6. The Morgan fingerprint density at radius 2 is 0.913 bits per heavy atom. The summed E-state index contributed by atoms with van der Waals surface area (Å²) in [4.78, 5) is 63.5. The third-order valence-corrected chi connectivity index (χ3v) is 8.24. The monoisotopic (exact) mass is 651 g/mol. The van der Waals surface area contributed by atoms with Crippen LogP contribution in [-0.4, -0.2) is 54.6 Å². The van der Waals surface area contributed by atoms with E-state index in [2.05, 4.69) is 55.9 Å². The van der Waals surface area contributed by atoms with Gasteiger partial charge in [0.2, 0.25) is 23.6 Å². The van der Waals surface area contributed by atoms with Gasteiger partial charge in [-0.15, -0.1) is 0 Å². The number of carbonyl (C=O) groups is 5. The largest absolute Gasteiger partial charge is 0.356 e. The van der Waals surface area contributed by atoms with Gasteiger partial charge >= 0.3 is 0 Å². The molecule has 0 aliphatic heterocycles. The Hall–Kier alpha value is -2.45. The summed E-state index contributed by atoms with van der Waals surface area (Å²) in [7, 11) is 0. The molecule has 46 heavy (non-hydrogen) atoms. The van der Waals surface area contributed by atoms with Crippen molar-refractivity contribution in [1.29, 1.82) is 0 Å². The smallest absolute Gasteiger partial charge is 0.243 e. The summed E-state index contributed by atoms with van der Waals surface area (Å²) in [5.41, 5.74) is 0. The van der Waals surface area contributed by atoms with Crippen LogP contribution in [-0.2, 0) is 24.0 Å². The Bertz CT molecular complexity index is 859. The van der Waals surface area contributed by atoms with E-state index in [4.69, 9.17) is 0 Å². The molecule has 0 saturated heterocycles. The van der Waals surface area contributed by atoms with Crippen molar-refractivity contribution in [2.75, 3.05) is 13.1 Å². The molecule has 9 nitrogen and oxygen atoms in total. The molecule has 0 rings (SSSR count). The van der Waals surface area contributed by atoms with Gasteiger partial charge in [-0.2, -0.15) is 0 Å². The fourth-order valence-corrected chi connectivity index (χ4v) is 5.29. The molecule has 0 spiro atoms. The summed E-state index contributed by atoms with van der Waals surface area (Å²) in [5.74, 6) is 0.570. The number of ketones is 1. The number of hydrogen-bond acceptors (Lipinski definition) is 5. The zero-order valence-electron chi connectivity index (χ0n) is 30.6. The minimum Gasteiger partial charge on any atom is -0.356 e. The van der Waals surface area contributed by atoms with E-state index in [-0.39, 0.29) is 35.3 Å². The average Bonchev–Trinajstić information content (AvgIpc) is 2.99. The predicted molar refractivity (Wildman–Crippen MR) is 188 cm³/mol. The van der Waals surface area contributed by atoms with Crippen molar-refractivity contribution in [2.24, 2.45) is 17.8 Å². The van der Waals surface area contributed by atoms with Crippen LogP contribution in [0.15, 0.2) is 0 Å². The zero-order chi connectivity index (χ0) is 34.7. The minimum atomic E-state index is -0.740. The highest BCUT2D eigenvalue weighted by Gasteiger charge is 2.27. The Morgan fingerprint density at radius 3 is 1.37 bits per heavy atom. The van der Waals surface area contributed by atoms with Gasteiger partial charge in [0.1, 0.15) is 6.04 Å². The molecule has 0 aromatic rings. The molecule has 0 aromatic carbocycles. The molecule has 268 valence electrons. The van der Waals surface area contributed by atoms with Crippen LogP contribution in [0.3, 0.4) is 0 Å². The third kappa shape index (κ3) is 24.7. The number of Topliss-reactive ketones (excluding diaryl/α,β-unsaturated/α-hetero) is 1. The molecule has 0 aliphatic rings. The lowest BCUT2D eigenvalue weighted by molar-refractivity contribution is -0.132. The van der Waals surface area contributed by atoms with E-state index in [1.807, 2.05) is 13.8 Å². The van der Waals surface area contributed by atoms with Crippen LogP contribution < -0.4 is 21.3 Å². The number of rotatable bonds is 29. The van der Waals surface area contributed by atoms with Crippen LogP contribution in [0, 0.1) is 17.8 Å². The molecule has 0 aromatic heterocycles. The number of amides is 4. The van der Waals surface area contributed by atoms with Gasteiger partial charge in [-0.25, -0.2) is 0 Å². The van der Waals surface area contributed by atoms with Gasteiger partial charge in [0.15, 0.2) is 5.78 Å². The molecule has 0 bridgehead atoms. The Balaban J connectivity index is 5.03. The molecule has 4 N–H and O–H groups in total. The van der Waals surface area contributed by atoms with Crippen LogP contribution in [0.5, 0.6) is 0 Å². The average molecular weight is 651 g/mol.